The number of morpholine rings is 1. The van der Waals surface area contributed by atoms with Gasteiger partial charge >= 0.3 is 0 Å². The second-order valence-electron chi connectivity index (χ2n) is 6.90. The van der Waals surface area contributed by atoms with Crippen molar-refractivity contribution in [3.05, 3.63) is 23.4 Å². The lowest BCUT2D eigenvalue weighted by atomic mass is 9.93. The van der Waals surface area contributed by atoms with Crippen molar-refractivity contribution in [2.45, 2.75) is 52.0 Å². The molecule has 1 atom stereocenters. The highest BCUT2D eigenvalue weighted by molar-refractivity contribution is 5.44. The predicted molar refractivity (Wildman–Crippen MR) is 95.1 cm³/mol. The van der Waals surface area contributed by atoms with E-state index in [1.54, 1.807) is 0 Å². The first kappa shape index (κ1) is 16.7. The summed E-state index contributed by atoms with van der Waals surface area (Å²) in [5.74, 6) is 1.12. The van der Waals surface area contributed by atoms with Crippen molar-refractivity contribution in [3.63, 3.8) is 0 Å². The molecule has 0 N–H and O–H groups in total. The van der Waals surface area contributed by atoms with Gasteiger partial charge < -0.3 is 9.64 Å². The monoisotopic (exact) mass is 317 g/mol. The Hall–Kier alpha value is -1.13. The van der Waals surface area contributed by atoms with Gasteiger partial charge in [-0.25, -0.2) is 4.98 Å². The van der Waals surface area contributed by atoms with Crippen LogP contribution in [0.2, 0.25) is 0 Å². The van der Waals surface area contributed by atoms with Crippen LogP contribution in [0.25, 0.3) is 0 Å². The third kappa shape index (κ3) is 4.04. The van der Waals surface area contributed by atoms with E-state index in [1.165, 1.54) is 56.3 Å². The van der Waals surface area contributed by atoms with Crippen LogP contribution in [-0.4, -0.2) is 49.3 Å². The molecule has 0 spiro atoms. The second kappa shape index (κ2) is 8.11. The zero-order valence-corrected chi connectivity index (χ0v) is 14.8. The lowest BCUT2D eigenvalue weighted by Gasteiger charge is -2.37. The molecule has 0 radical (unpaired) electrons. The largest absolute Gasteiger partial charge is 0.378 e. The minimum absolute atomic E-state index is 0.571. The molecule has 128 valence electrons. The van der Waals surface area contributed by atoms with Crippen LogP contribution in [0.5, 0.6) is 0 Å². The second-order valence-corrected chi connectivity index (χ2v) is 6.90. The molecule has 0 bridgehead atoms. The number of rotatable bonds is 5. The third-order valence-electron chi connectivity index (χ3n) is 5.24. The van der Waals surface area contributed by atoms with Gasteiger partial charge in [0.2, 0.25) is 0 Å². The zero-order valence-electron chi connectivity index (χ0n) is 14.8. The van der Waals surface area contributed by atoms with Crippen molar-refractivity contribution in [2.75, 3.05) is 44.3 Å². The molecule has 0 amide bonds. The van der Waals surface area contributed by atoms with Crippen LogP contribution in [0.1, 0.15) is 56.2 Å². The Bertz CT molecular complexity index is 499. The van der Waals surface area contributed by atoms with Gasteiger partial charge in [0.05, 0.1) is 13.2 Å². The number of unbranched alkanes of at least 4 members (excludes halogenated alkanes) is 1. The molecule has 3 heterocycles. The minimum Gasteiger partial charge on any atom is -0.378 e. The molecule has 1 aromatic rings. The molecule has 4 heteroatoms. The van der Waals surface area contributed by atoms with Gasteiger partial charge in [0.15, 0.2) is 0 Å². The van der Waals surface area contributed by atoms with E-state index in [2.05, 4.69) is 35.9 Å². The first-order chi connectivity index (χ1) is 11.3. The lowest BCUT2D eigenvalue weighted by Crippen LogP contribution is -2.37. The number of ether oxygens (including phenoxy) is 1. The van der Waals surface area contributed by atoms with Crippen LogP contribution < -0.4 is 4.90 Å². The van der Waals surface area contributed by atoms with Gasteiger partial charge in [0.25, 0.3) is 0 Å². The van der Waals surface area contributed by atoms with Crippen LogP contribution in [0, 0.1) is 6.92 Å². The van der Waals surface area contributed by atoms with Gasteiger partial charge in [-0.2, -0.15) is 0 Å². The van der Waals surface area contributed by atoms with E-state index in [1.807, 2.05) is 0 Å². The standard InChI is InChI=1S/C19H31N3O/c1-3-4-8-21-9-6-5-7-18(21)17-15-20-19(14-16(17)2)22-10-12-23-13-11-22/h14-15,18H,3-13H2,1-2H3. The molecule has 0 aliphatic carbocycles. The maximum Gasteiger partial charge on any atom is 0.128 e. The molecule has 4 nitrogen and oxygen atoms in total. The average molecular weight is 317 g/mol. The number of hydrogen-bond donors (Lipinski definition) is 0. The Labute approximate surface area is 140 Å². The number of aryl methyl sites for hydroxylation is 1. The van der Waals surface area contributed by atoms with Crippen LogP contribution in [-0.2, 0) is 4.74 Å². The Morgan fingerprint density at radius 1 is 1.22 bits per heavy atom. The Morgan fingerprint density at radius 3 is 2.78 bits per heavy atom. The van der Waals surface area contributed by atoms with Crippen molar-refractivity contribution < 1.29 is 4.74 Å². The molecule has 2 aliphatic rings. The van der Waals surface area contributed by atoms with Gasteiger partial charge in [0.1, 0.15) is 5.82 Å². The molecule has 2 saturated heterocycles. The van der Waals surface area contributed by atoms with Crippen LogP contribution >= 0.6 is 0 Å². The summed E-state index contributed by atoms with van der Waals surface area (Å²) in [6.45, 7) is 10.6. The maximum atomic E-state index is 5.45. The summed E-state index contributed by atoms with van der Waals surface area (Å²) in [5, 5.41) is 0. The lowest BCUT2D eigenvalue weighted by molar-refractivity contribution is 0.122. The number of pyridine rings is 1. The molecule has 3 rings (SSSR count). The third-order valence-corrected chi connectivity index (χ3v) is 5.24. The minimum atomic E-state index is 0.571. The molecule has 2 aliphatic heterocycles. The van der Waals surface area contributed by atoms with Crippen molar-refractivity contribution in [3.8, 4) is 0 Å². The summed E-state index contributed by atoms with van der Waals surface area (Å²) >= 11 is 0. The number of nitrogens with zero attached hydrogens (tertiary/aromatic N) is 3. The normalized spacial score (nSPS) is 23.2. The number of likely N-dealkylation sites (tertiary alicyclic amines) is 1. The van der Waals surface area contributed by atoms with Crippen LogP contribution in [0.4, 0.5) is 5.82 Å². The fourth-order valence-corrected chi connectivity index (χ4v) is 3.84. The zero-order chi connectivity index (χ0) is 16.1. The van der Waals surface area contributed by atoms with E-state index in [-0.39, 0.29) is 0 Å². The first-order valence-electron chi connectivity index (χ1n) is 9.33. The highest BCUT2D eigenvalue weighted by Crippen LogP contribution is 2.33. The SMILES string of the molecule is CCCCN1CCCCC1c1cnc(N2CCOCC2)cc1C. The van der Waals surface area contributed by atoms with E-state index in [0.29, 0.717) is 6.04 Å². The number of piperidine rings is 1. The predicted octanol–water partition coefficient (Wildman–Crippen LogP) is 3.55. The number of hydrogen-bond acceptors (Lipinski definition) is 4. The van der Waals surface area contributed by atoms with Gasteiger partial charge in [-0.1, -0.05) is 19.8 Å². The van der Waals surface area contributed by atoms with Crippen molar-refractivity contribution in [1.29, 1.82) is 0 Å². The number of anilines is 1. The Balaban J connectivity index is 1.75. The topological polar surface area (TPSA) is 28.6 Å². The molecule has 0 saturated carbocycles. The van der Waals surface area contributed by atoms with Gasteiger partial charge in [-0.15, -0.1) is 0 Å². The number of aromatic nitrogens is 1. The highest BCUT2D eigenvalue weighted by Gasteiger charge is 2.25. The van der Waals surface area contributed by atoms with Gasteiger partial charge in [-0.3, -0.25) is 4.90 Å². The Morgan fingerprint density at radius 2 is 2.04 bits per heavy atom. The van der Waals surface area contributed by atoms with Crippen molar-refractivity contribution >= 4 is 5.82 Å². The quantitative estimate of drug-likeness (QED) is 0.830. The highest BCUT2D eigenvalue weighted by atomic mass is 16.5. The molecular formula is C19H31N3O. The van der Waals surface area contributed by atoms with E-state index >= 15 is 0 Å². The van der Waals surface area contributed by atoms with Crippen molar-refractivity contribution in [2.24, 2.45) is 0 Å². The summed E-state index contributed by atoms with van der Waals surface area (Å²) in [5.41, 5.74) is 2.84. The Kier molecular flexibility index (Phi) is 5.90. The van der Waals surface area contributed by atoms with Gasteiger partial charge in [-0.05, 0) is 56.5 Å². The van der Waals surface area contributed by atoms with E-state index < -0.39 is 0 Å². The molecule has 2 fully saturated rings. The maximum absolute atomic E-state index is 5.45. The molecule has 1 unspecified atom stereocenters. The van der Waals surface area contributed by atoms with Crippen LogP contribution in [0.15, 0.2) is 12.3 Å². The summed E-state index contributed by atoms with van der Waals surface area (Å²) in [4.78, 5) is 9.83. The smallest absolute Gasteiger partial charge is 0.128 e. The van der Waals surface area contributed by atoms with E-state index in [0.717, 1.165) is 32.1 Å². The van der Waals surface area contributed by atoms with E-state index in [4.69, 9.17) is 9.72 Å². The molecule has 0 aromatic carbocycles. The average Bonchev–Trinajstić information content (AvgIpc) is 2.61. The summed E-state index contributed by atoms with van der Waals surface area (Å²) in [6, 6.07) is 2.86. The van der Waals surface area contributed by atoms with Crippen molar-refractivity contribution in [1.82, 2.24) is 9.88 Å². The van der Waals surface area contributed by atoms with E-state index in [9.17, 15) is 0 Å². The first-order valence-corrected chi connectivity index (χ1v) is 9.33. The summed E-state index contributed by atoms with van der Waals surface area (Å²) in [7, 11) is 0. The fourth-order valence-electron chi connectivity index (χ4n) is 3.84. The van der Waals surface area contributed by atoms with Gasteiger partial charge in [0, 0.05) is 25.3 Å². The fraction of sp³-hybridized carbons (Fsp3) is 0.737. The summed E-state index contributed by atoms with van der Waals surface area (Å²) < 4.78 is 5.45. The summed E-state index contributed by atoms with van der Waals surface area (Å²) in [6.07, 6.45) is 8.69. The molecule has 23 heavy (non-hydrogen) atoms. The molecular weight excluding hydrogens is 286 g/mol. The van der Waals surface area contributed by atoms with Crippen LogP contribution in [0.3, 0.4) is 0 Å². The molecule has 1 aromatic heterocycles.